The van der Waals surface area contributed by atoms with Crippen molar-refractivity contribution in [1.29, 1.82) is 0 Å². The lowest BCUT2D eigenvalue weighted by Crippen LogP contribution is -2.17. The van der Waals surface area contributed by atoms with E-state index in [2.05, 4.69) is 0 Å². The van der Waals surface area contributed by atoms with Gasteiger partial charge in [0, 0.05) is 11.8 Å². The Hall–Kier alpha value is -2.60. The van der Waals surface area contributed by atoms with Crippen molar-refractivity contribution in [1.82, 2.24) is 0 Å². The molecule has 1 heterocycles. The van der Waals surface area contributed by atoms with E-state index in [9.17, 15) is 13.2 Å². The van der Waals surface area contributed by atoms with Crippen molar-refractivity contribution in [2.45, 2.75) is 11.5 Å². The average Bonchev–Trinajstić information content (AvgIpc) is 2.59. The van der Waals surface area contributed by atoms with Crippen LogP contribution in [0, 0.1) is 0 Å². The third-order valence-corrected chi connectivity index (χ3v) is 4.71. The molecule has 124 valence electrons. The molecule has 0 radical (unpaired) electrons. The van der Waals surface area contributed by atoms with Gasteiger partial charge in [-0.25, -0.2) is 13.2 Å². The first-order valence-corrected chi connectivity index (χ1v) is 9.21. The third kappa shape index (κ3) is 3.65. The predicted molar refractivity (Wildman–Crippen MR) is 89.3 cm³/mol. The van der Waals surface area contributed by atoms with Crippen LogP contribution in [0.2, 0.25) is 0 Å². The van der Waals surface area contributed by atoms with E-state index in [4.69, 9.17) is 9.47 Å². The minimum Gasteiger partial charge on any atom is -0.488 e. The van der Waals surface area contributed by atoms with Crippen molar-refractivity contribution in [2.75, 3.05) is 12.9 Å². The molecule has 5 nitrogen and oxygen atoms in total. The maximum atomic E-state index is 12.2. The molecule has 0 amide bonds. The first-order chi connectivity index (χ1) is 11.4. The standard InChI is InChI=1S/C18H16O5S/c1-24(20,21)16-7-8-17-14(10-16)9-15(12-22-17)18(19)23-11-13-5-3-2-4-6-13/h2-10H,11-12H2,1H3. The summed E-state index contributed by atoms with van der Waals surface area (Å²) < 4.78 is 34.1. The van der Waals surface area contributed by atoms with Crippen LogP contribution in [-0.4, -0.2) is 27.2 Å². The van der Waals surface area contributed by atoms with Crippen LogP contribution in [0.1, 0.15) is 11.1 Å². The Morgan fingerprint density at radius 3 is 2.62 bits per heavy atom. The Balaban J connectivity index is 1.78. The minimum absolute atomic E-state index is 0.0961. The van der Waals surface area contributed by atoms with Crippen LogP contribution < -0.4 is 4.74 Å². The summed E-state index contributed by atoms with van der Waals surface area (Å²) in [6.07, 6.45) is 2.75. The van der Waals surface area contributed by atoms with E-state index in [-0.39, 0.29) is 18.1 Å². The molecule has 3 rings (SSSR count). The van der Waals surface area contributed by atoms with Gasteiger partial charge < -0.3 is 9.47 Å². The second-order valence-corrected chi connectivity index (χ2v) is 7.51. The molecular weight excluding hydrogens is 328 g/mol. The highest BCUT2D eigenvalue weighted by Crippen LogP contribution is 2.29. The fourth-order valence-electron chi connectivity index (χ4n) is 2.32. The van der Waals surface area contributed by atoms with Gasteiger partial charge in [-0.3, -0.25) is 0 Å². The monoisotopic (exact) mass is 344 g/mol. The van der Waals surface area contributed by atoms with Crippen molar-refractivity contribution < 1.29 is 22.7 Å². The zero-order valence-corrected chi connectivity index (χ0v) is 13.9. The van der Waals surface area contributed by atoms with E-state index in [1.807, 2.05) is 30.3 Å². The first-order valence-electron chi connectivity index (χ1n) is 7.32. The summed E-state index contributed by atoms with van der Waals surface area (Å²) >= 11 is 0. The second-order valence-electron chi connectivity index (χ2n) is 5.49. The number of fused-ring (bicyclic) bond motifs is 1. The molecule has 0 aliphatic carbocycles. The Kier molecular flexibility index (Phi) is 4.40. The molecule has 0 atom stereocenters. The fraction of sp³-hybridized carbons (Fsp3) is 0.167. The SMILES string of the molecule is CS(=O)(=O)c1ccc2c(c1)C=C(C(=O)OCc1ccccc1)CO2. The Labute approximate surface area is 140 Å². The van der Waals surface area contributed by atoms with Crippen LogP contribution in [-0.2, 0) is 26.0 Å². The quantitative estimate of drug-likeness (QED) is 0.798. The van der Waals surface area contributed by atoms with Crippen molar-refractivity contribution in [3.8, 4) is 5.75 Å². The summed E-state index contributed by atoms with van der Waals surface area (Å²) in [4.78, 5) is 12.4. The number of esters is 1. The summed E-state index contributed by atoms with van der Waals surface area (Å²) in [6, 6.07) is 13.9. The molecule has 0 saturated carbocycles. The van der Waals surface area contributed by atoms with Gasteiger partial charge in [-0.1, -0.05) is 30.3 Å². The van der Waals surface area contributed by atoms with Crippen molar-refractivity contribution in [3.05, 3.63) is 65.2 Å². The highest BCUT2D eigenvalue weighted by atomic mass is 32.2. The Morgan fingerprint density at radius 2 is 1.92 bits per heavy atom. The maximum absolute atomic E-state index is 12.2. The largest absolute Gasteiger partial charge is 0.488 e. The summed E-state index contributed by atoms with van der Waals surface area (Å²) in [6.45, 7) is 0.270. The predicted octanol–water partition coefficient (Wildman–Crippen LogP) is 2.61. The highest BCUT2D eigenvalue weighted by Gasteiger charge is 2.20. The number of sulfone groups is 1. The van der Waals surface area contributed by atoms with Gasteiger partial charge in [0.1, 0.15) is 19.0 Å². The van der Waals surface area contributed by atoms with Gasteiger partial charge in [0.25, 0.3) is 0 Å². The van der Waals surface area contributed by atoms with E-state index >= 15 is 0 Å². The number of hydrogen-bond acceptors (Lipinski definition) is 5. The van der Waals surface area contributed by atoms with Gasteiger partial charge >= 0.3 is 5.97 Å². The zero-order chi connectivity index (χ0) is 17.2. The molecule has 6 heteroatoms. The van der Waals surface area contributed by atoms with E-state index in [1.54, 1.807) is 12.1 Å². The second kappa shape index (κ2) is 6.49. The van der Waals surface area contributed by atoms with Crippen molar-refractivity contribution in [3.63, 3.8) is 0 Å². The number of rotatable bonds is 4. The van der Waals surface area contributed by atoms with Gasteiger partial charge in [0.2, 0.25) is 0 Å². The molecule has 0 unspecified atom stereocenters. The van der Waals surface area contributed by atoms with Crippen molar-refractivity contribution >= 4 is 21.9 Å². The van der Waals surface area contributed by atoms with Crippen LogP contribution in [0.15, 0.2) is 59.0 Å². The lowest BCUT2D eigenvalue weighted by Gasteiger charge is -2.17. The summed E-state index contributed by atoms with van der Waals surface area (Å²) in [5, 5.41) is 0. The molecule has 0 N–H and O–H groups in total. The molecule has 1 aliphatic heterocycles. The molecule has 0 aromatic heterocycles. The van der Waals surface area contributed by atoms with Crippen LogP contribution >= 0.6 is 0 Å². The number of carbonyl (C=O) groups is 1. The molecule has 2 aromatic carbocycles. The van der Waals surface area contributed by atoms with E-state index in [1.165, 1.54) is 12.1 Å². The Bertz CT molecular complexity index is 898. The number of carbonyl (C=O) groups excluding carboxylic acids is 1. The number of benzene rings is 2. The summed E-state index contributed by atoms with van der Waals surface area (Å²) in [5.41, 5.74) is 1.79. The fourth-order valence-corrected chi connectivity index (χ4v) is 2.98. The third-order valence-electron chi connectivity index (χ3n) is 3.60. The van der Waals surface area contributed by atoms with Crippen LogP contribution in [0.3, 0.4) is 0 Å². The first kappa shape index (κ1) is 16.3. The van der Waals surface area contributed by atoms with Gasteiger partial charge in [0.05, 0.1) is 10.5 Å². The topological polar surface area (TPSA) is 69.7 Å². The van der Waals surface area contributed by atoms with Gasteiger partial charge in [-0.05, 0) is 29.8 Å². The molecule has 0 bridgehead atoms. The minimum atomic E-state index is -3.32. The highest BCUT2D eigenvalue weighted by molar-refractivity contribution is 7.90. The van der Waals surface area contributed by atoms with Crippen LogP contribution in [0.5, 0.6) is 5.75 Å². The van der Waals surface area contributed by atoms with Crippen molar-refractivity contribution in [2.24, 2.45) is 0 Å². The number of hydrogen-bond donors (Lipinski definition) is 0. The maximum Gasteiger partial charge on any atom is 0.337 e. The van der Waals surface area contributed by atoms with Gasteiger partial charge in [0.15, 0.2) is 9.84 Å². The average molecular weight is 344 g/mol. The molecule has 0 saturated heterocycles. The number of ether oxygens (including phenoxy) is 2. The normalized spacial score (nSPS) is 13.5. The van der Waals surface area contributed by atoms with E-state index in [0.29, 0.717) is 16.9 Å². The molecule has 24 heavy (non-hydrogen) atoms. The molecular formula is C18H16O5S. The van der Waals surface area contributed by atoms with Gasteiger partial charge in [-0.2, -0.15) is 0 Å². The van der Waals surface area contributed by atoms with Crippen LogP contribution in [0.4, 0.5) is 0 Å². The Morgan fingerprint density at radius 1 is 1.17 bits per heavy atom. The van der Waals surface area contributed by atoms with E-state index in [0.717, 1.165) is 11.8 Å². The molecule has 0 spiro atoms. The van der Waals surface area contributed by atoms with Gasteiger partial charge in [-0.15, -0.1) is 0 Å². The lowest BCUT2D eigenvalue weighted by molar-refractivity contribution is -0.140. The smallest absolute Gasteiger partial charge is 0.337 e. The zero-order valence-electron chi connectivity index (χ0n) is 13.1. The molecule has 2 aromatic rings. The summed E-state index contributed by atoms with van der Waals surface area (Å²) in [7, 11) is -3.32. The molecule has 1 aliphatic rings. The summed E-state index contributed by atoms with van der Waals surface area (Å²) in [5.74, 6) is 0.0660. The lowest BCUT2D eigenvalue weighted by atomic mass is 10.1. The molecule has 0 fully saturated rings. The van der Waals surface area contributed by atoms with Crippen LogP contribution in [0.25, 0.3) is 6.08 Å². The van der Waals surface area contributed by atoms with E-state index < -0.39 is 15.8 Å².